The molecule has 0 saturated carbocycles. The van der Waals surface area contributed by atoms with Crippen molar-refractivity contribution in [3.63, 3.8) is 0 Å². The minimum Gasteiger partial charge on any atom is -0.461 e. The molecule has 0 atom stereocenters. The summed E-state index contributed by atoms with van der Waals surface area (Å²) < 4.78 is 5.09. The highest BCUT2D eigenvalue weighted by Crippen LogP contribution is 2.06. The Bertz CT molecular complexity index is 298. The smallest absolute Gasteiger partial charge is 0.306 e. The van der Waals surface area contributed by atoms with Crippen molar-refractivity contribution in [2.45, 2.75) is 20.0 Å². The lowest BCUT2D eigenvalue weighted by Crippen LogP contribution is -2.15. The van der Waals surface area contributed by atoms with E-state index in [1.54, 1.807) is 0 Å². The maximum Gasteiger partial charge on any atom is 0.306 e. The summed E-state index contributed by atoms with van der Waals surface area (Å²) in [5.41, 5.74) is 6.38. The van der Waals surface area contributed by atoms with Gasteiger partial charge in [0.15, 0.2) is 0 Å². The molecule has 3 heteroatoms. The Labute approximate surface area is 90.2 Å². The lowest BCUT2D eigenvalue weighted by atomic mass is 10.1. The molecule has 0 saturated heterocycles. The van der Waals surface area contributed by atoms with E-state index in [1.807, 2.05) is 37.3 Å². The second-order valence-electron chi connectivity index (χ2n) is 3.48. The Balaban J connectivity index is 2.29. The number of ether oxygens (including phenoxy) is 1. The first-order valence-electron chi connectivity index (χ1n) is 4.93. The molecule has 0 aliphatic carbocycles. The van der Waals surface area contributed by atoms with E-state index in [9.17, 15) is 4.79 Å². The highest BCUT2D eigenvalue weighted by molar-refractivity contribution is 5.71. The first-order chi connectivity index (χ1) is 7.22. The number of rotatable bonds is 5. The van der Waals surface area contributed by atoms with E-state index < -0.39 is 0 Å². The Morgan fingerprint density at radius 2 is 2.00 bits per heavy atom. The second-order valence-corrected chi connectivity index (χ2v) is 3.48. The number of carbonyl (C=O) groups excluding carboxylic acids is 1. The molecule has 2 N–H and O–H groups in total. The number of hydrogen-bond acceptors (Lipinski definition) is 3. The molecule has 81 valence electrons. The summed E-state index contributed by atoms with van der Waals surface area (Å²) in [6.07, 6.45) is 0.309. The topological polar surface area (TPSA) is 52.3 Å². The summed E-state index contributed by atoms with van der Waals surface area (Å²) in [5, 5.41) is 0. The van der Waals surface area contributed by atoms with Crippen LogP contribution in [0.2, 0.25) is 0 Å². The standard InChI is InChI=1S/C12H16NO2/c1-10(8-13)7-12(14)15-9-11-5-3-2-4-6-11/h2-6H,7-9,13H2,1H3. The molecule has 15 heavy (non-hydrogen) atoms. The molecule has 3 nitrogen and oxygen atoms in total. The van der Waals surface area contributed by atoms with Crippen LogP contribution in [0.1, 0.15) is 18.9 Å². The summed E-state index contributed by atoms with van der Waals surface area (Å²) in [4.78, 5) is 11.3. The van der Waals surface area contributed by atoms with E-state index >= 15 is 0 Å². The third-order valence-corrected chi connectivity index (χ3v) is 2.04. The summed E-state index contributed by atoms with van der Waals surface area (Å²) >= 11 is 0. The van der Waals surface area contributed by atoms with Gasteiger partial charge in [-0.1, -0.05) is 37.3 Å². The SMILES string of the molecule is C[C](CN)CC(=O)OCc1ccccc1. The van der Waals surface area contributed by atoms with Gasteiger partial charge in [-0.3, -0.25) is 4.79 Å². The van der Waals surface area contributed by atoms with Gasteiger partial charge >= 0.3 is 5.97 Å². The zero-order valence-corrected chi connectivity index (χ0v) is 8.90. The number of carbonyl (C=O) groups is 1. The highest BCUT2D eigenvalue weighted by Gasteiger charge is 2.08. The molecule has 0 amide bonds. The van der Waals surface area contributed by atoms with Crippen molar-refractivity contribution in [3.05, 3.63) is 41.8 Å². The molecule has 0 bridgehead atoms. The maximum atomic E-state index is 11.3. The lowest BCUT2D eigenvalue weighted by molar-refractivity contribution is -0.144. The zero-order valence-electron chi connectivity index (χ0n) is 8.90. The monoisotopic (exact) mass is 206 g/mol. The van der Waals surface area contributed by atoms with Crippen LogP contribution in [0.25, 0.3) is 0 Å². The van der Waals surface area contributed by atoms with Gasteiger partial charge in [-0.2, -0.15) is 0 Å². The number of benzene rings is 1. The molecule has 0 aliphatic rings. The Kier molecular flexibility index (Phi) is 4.84. The van der Waals surface area contributed by atoms with Gasteiger partial charge in [0.25, 0.3) is 0 Å². The zero-order chi connectivity index (χ0) is 11.1. The maximum absolute atomic E-state index is 11.3. The average molecular weight is 206 g/mol. The third-order valence-electron chi connectivity index (χ3n) is 2.04. The third kappa shape index (κ3) is 4.61. The van der Waals surface area contributed by atoms with Crippen molar-refractivity contribution in [1.29, 1.82) is 0 Å². The van der Waals surface area contributed by atoms with Crippen LogP contribution in [0.15, 0.2) is 30.3 Å². The fourth-order valence-corrected chi connectivity index (χ4v) is 1.11. The van der Waals surface area contributed by atoms with Crippen molar-refractivity contribution in [1.82, 2.24) is 0 Å². The normalized spacial score (nSPS) is 10.3. The first kappa shape index (κ1) is 11.7. The largest absolute Gasteiger partial charge is 0.461 e. The molecule has 0 aliphatic heterocycles. The van der Waals surface area contributed by atoms with Crippen molar-refractivity contribution in [2.24, 2.45) is 5.73 Å². The fraction of sp³-hybridized carbons (Fsp3) is 0.333. The second kappa shape index (κ2) is 6.19. The molecule has 0 spiro atoms. The minimum absolute atomic E-state index is 0.221. The molecular weight excluding hydrogens is 190 g/mol. The van der Waals surface area contributed by atoms with Gasteiger partial charge in [0.1, 0.15) is 6.61 Å². The molecule has 1 radical (unpaired) electrons. The van der Waals surface area contributed by atoms with Gasteiger partial charge in [0.05, 0.1) is 6.42 Å². The van der Waals surface area contributed by atoms with Gasteiger partial charge in [0, 0.05) is 0 Å². The Morgan fingerprint density at radius 1 is 1.33 bits per heavy atom. The summed E-state index contributed by atoms with van der Waals surface area (Å²) in [6.45, 7) is 2.61. The van der Waals surface area contributed by atoms with Gasteiger partial charge in [-0.15, -0.1) is 0 Å². The first-order valence-corrected chi connectivity index (χ1v) is 4.93. The summed E-state index contributed by atoms with van der Waals surface area (Å²) in [7, 11) is 0. The van der Waals surface area contributed by atoms with Crippen LogP contribution in [0.4, 0.5) is 0 Å². The van der Waals surface area contributed by atoms with Crippen LogP contribution in [-0.2, 0) is 16.1 Å². The van der Waals surface area contributed by atoms with Crippen LogP contribution < -0.4 is 5.73 Å². The predicted molar refractivity (Wildman–Crippen MR) is 58.8 cm³/mol. The lowest BCUT2D eigenvalue weighted by Gasteiger charge is -2.08. The van der Waals surface area contributed by atoms with Crippen LogP contribution in [0.5, 0.6) is 0 Å². The van der Waals surface area contributed by atoms with E-state index in [4.69, 9.17) is 10.5 Å². The molecule has 1 aromatic carbocycles. The molecule has 1 aromatic rings. The van der Waals surface area contributed by atoms with Crippen molar-refractivity contribution in [3.8, 4) is 0 Å². The van der Waals surface area contributed by atoms with E-state index in [1.165, 1.54) is 0 Å². The summed E-state index contributed by atoms with van der Waals surface area (Å²) in [5.74, 6) is 0.717. The van der Waals surface area contributed by atoms with E-state index in [2.05, 4.69) is 0 Å². The van der Waals surface area contributed by atoms with Gasteiger partial charge in [-0.25, -0.2) is 0 Å². The quantitative estimate of drug-likeness (QED) is 0.745. The Morgan fingerprint density at radius 3 is 2.60 bits per heavy atom. The van der Waals surface area contributed by atoms with Crippen LogP contribution in [0.3, 0.4) is 0 Å². The summed E-state index contributed by atoms with van der Waals surface area (Å²) in [6, 6.07) is 9.61. The number of nitrogens with two attached hydrogens (primary N) is 1. The van der Waals surface area contributed by atoms with Gasteiger partial charge in [-0.05, 0) is 18.0 Å². The van der Waals surface area contributed by atoms with Gasteiger partial charge in [0.2, 0.25) is 0 Å². The fourth-order valence-electron chi connectivity index (χ4n) is 1.11. The van der Waals surface area contributed by atoms with Crippen LogP contribution in [-0.4, -0.2) is 12.5 Å². The molecular formula is C12H16NO2. The van der Waals surface area contributed by atoms with Crippen LogP contribution in [0, 0.1) is 5.92 Å². The van der Waals surface area contributed by atoms with Crippen LogP contribution >= 0.6 is 0 Å². The number of hydrogen-bond donors (Lipinski definition) is 1. The van der Waals surface area contributed by atoms with E-state index in [0.29, 0.717) is 19.6 Å². The molecule has 0 heterocycles. The average Bonchev–Trinajstić information content (AvgIpc) is 2.27. The van der Waals surface area contributed by atoms with E-state index in [0.717, 1.165) is 11.5 Å². The minimum atomic E-state index is -0.221. The van der Waals surface area contributed by atoms with Crippen molar-refractivity contribution < 1.29 is 9.53 Å². The molecule has 0 unspecified atom stereocenters. The molecule has 0 aromatic heterocycles. The van der Waals surface area contributed by atoms with E-state index in [-0.39, 0.29) is 5.97 Å². The van der Waals surface area contributed by atoms with Crippen molar-refractivity contribution in [2.75, 3.05) is 6.54 Å². The Hall–Kier alpha value is -1.35. The van der Waals surface area contributed by atoms with Crippen molar-refractivity contribution >= 4 is 5.97 Å². The predicted octanol–water partition coefficient (Wildman–Crippen LogP) is 1.67. The number of esters is 1. The molecule has 0 fully saturated rings. The molecule has 1 rings (SSSR count). The van der Waals surface area contributed by atoms with Gasteiger partial charge < -0.3 is 10.5 Å². The highest BCUT2D eigenvalue weighted by atomic mass is 16.5.